The number of benzene rings is 1. The number of pyridine rings is 1. The molecule has 4 rings (SSSR count). The van der Waals surface area contributed by atoms with E-state index in [1.54, 1.807) is 17.2 Å². The number of ether oxygens (including phenoxy) is 1. The molecule has 0 spiro atoms. The van der Waals surface area contributed by atoms with Crippen LogP contribution in [0.2, 0.25) is 0 Å². The van der Waals surface area contributed by atoms with Gasteiger partial charge in [0.2, 0.25) is 15.9 Å². The van der Waals surface area contributed by atoms with Gasteiger partial charge in [0.25, 0.3) is 0 Å². The van der Waals surface area contributed by atoms with Crippen LogP contribution in [-0.2, 0) is 16.6 Å². The molecule has 1 aromatic carbocycles. The van der Waals surface area contributed by atoms with Crippen molar-refractivity contribution in [3.63, 3.8) is 0 Å². The Balaban J connectivity index is 1.31. The summed E-state index contributed by atoms with van der Waals surface area (Å²) >= 11 is 0. The van der Waals surface area contributed by atoms with E-state index in [9.17, 15) is 17.6 Å². The Labute approximate surface area is 187 Å². The van der Waals surface area contributed by atoms with Gasteiger partial charge in [-0.25, -0.2) is 22.6 Å². The van der Waals surface area contributed by atoms with Gasteiger partial charge in [0, 0.05) is 44.5 Å². The van der Waals surface area contributed by atoms with E-state index in [0.29, 0.717) is 5.88 Å². The lowest BCUT2D eigenvalue weighted by Gasteiger charge is -2.34. The van der Waals surface area contributed by atoms with Crippen molar-refractivity contribution in [2.45, 2.75) is 43.2 Å². The van der Waals surface area contributed by atoms with E-state index in [1.165, 1.54) is 22.5 Å². The summed E-state index contributed by atoms with van der Waals surface area (Å²) in [7, 11) is -3.94. The molecule has 172 valence electrons. The first kappa shape index (κ1) is 22.5. The average Bonchev–Trinajstić information content (AvgIpc) is 3.32. The molecule has 0 atom stereocenters. The van der Waals surface area contributed by atoms with E-state index in [1.807, 2.05) is 6.07 Å². The predicted molar refractivity (Wildman–Crippen MR) is 116 cm³/mol. The Bertz CT molecular complexity index is 1050. The topological polar surface area (TPSA) is 91.8 Å². The van der Waals surface area contributed by atoms with Crippen molar-refractivity contribution in [1.29, 1.82) is 0 Å². The summed E-state index contributed by atoms with van der Waals surface area (Å²) in [6, 6.07) is 8.70. The van der Waals surface area contributed by atoms with Gasteiger partial charge in [-0.15, -0.1) is 0 Å². The minimum atomic E-state index is -3.94. The highest BCUT2D eigenvalue weighted by atomic mass is 32.2. The number of hydrogen-bond acceptors (Lipinski definition) is 5. The molecule has 10 heteroatoms. The van der Waals surface area contributed by atoms with Gasteiger partial charge in [-0.2, -0.15) is 4.31 Å². The number of nitrogens with zero attached hydrogens (tertiary/aromatic N) is 3. The first-order valence-corrected chi connectivity index (χ1v) is 12.3. The third-order valence-electron chi connectivity index (χ3n) is 5.84. The molecule has 8 nitrogen and oxygen atoms in total. The number of aromatic nitrogens is 1. The monoisotopic (exact) mass is 462 g/mol. The zero-order chi connectivity index (χ0) is 22.6. The SMILES string of the molecule is O=C(NCc1cccnc1OC1CCCC1)N1CCN(S(=O)(=O)c2ccccc2F)CC1. The van der Waals surface area contributed by atoms with E-state index >= 15 is 0 Å². The second kappa shape index (κ2) is 9.83. The lowest BCUT2D eigenvalue weighted by Crippen LogP contribution is -2.53. The van der Waals surface area contributed by atoms with Gasteiger partial charge in [-0.3, -0.25) is 0 Å². The third-order valence-corrected chi connectivity index (χ3v) is 7.77. The van der Waals surface area contributed by atoms with Crippen molar-refractivity contribution >= 4 is 16.1 Å². The minimum absolute atomic E-state index is 0.104. The molecule has 1 N–H and O–H groups in total. The molecule has 2 amide bonds. The second-order valence-electron chi connectivity index (χ2n) is 7.97. The largest absolute Gasteiger partial charge is 0.474 e. The average molecular weight is 463 g/mol. The fourth-order valence-corrected chi connectivity index (χ4v) is 5.52. The lowest BCUT2D eigenvalue weighted by molar-refractivity contribution is 0.171. The predicted octanol–water partition coefficient (Wildman–Crippen LogP) is 2.76. The quantitative estimate of drug-likeness (QED) is 0.713. The zero-order valence-electron chi connectivity index (χ0n) is 17.7. The third kappa shape index (κ3) is 5.02. The normalized spacial score (nSPS) is 18.0. The Kier molecular flexibility index (Phi) is 6.90. The van der Waals surface area contributed by atoms with Crippen molar-refractivity contribution in [3.8, 4) is 5.88 Å². The summed E-state index contributed by atoms with van der Waals surface area (Å²) in [5.74, 6) is -0.236. The van der Waals surface area contributed by atoms with Crippen LogP contribution >= 0.6 is 0 Å². The molecule has 1 aliphatic heterocycles. The number of halogens is 1. The summed E-state index contributed by atoms with van der Waals surface area (Å²) in [6.07, 6.45) is 6.18. The van der Waals surface area contributed by atoms with E-state index in [4.69, 9.17) is 4.74 Å². The molecule has 32 heavy (non-hydrogen) atoms. The van der Waals surface area contributed by atoms with Crippen molar-refractivity contribution in [2.75, 3.05) is 26.2 Å². The van der Waals surface area contributed by atoms with Gasteiger partial charge >= 0.3 is 6.03 Å². The van der Waals surface area contributed by atoms with E-state index in [2.05, 4.69) is 10.3 Å². The number of amides is 2. The molecule has 1 saturated heterocycles. The van der Waals surface area contributed by atoms with E-state index in [0.717, 1.165) is 37.3 Å². The van der Waals surface area contributed by atoms with Crippen LogP contribution in [0.3, 0.4) is 0 Å². The fourth-order valence-electron chi connectivity index (χ4n) is 4.04. The van der Waals surface area contributed by atoms with Crippen LogP contribution in [0, 0.1) is 5.82 Å². The van der Waals surface area contributed by atoms with Crippen LogP contribution in [-0.4, -0.2) is 60.9 Å². The molecule has 1 aromatic heterocycles. The zero-order valence-corrected chi connectivity index (χ0v) is 18.6. The second-order valence-corrected chi connectivity index (χ2v) is 9.88. The Morgan fingerprint density at radius 2 is 1.81 bits per heavy atom. The molecule has 1 aliphatic carbocycles. The molecule has 0 unspecified atom stereocenters. The highest BCUT2D eigenvalue weighted by Gasteiger charge is 2.31. The standard InChI is InChI=1S/C22H27FN4O4S/c23-19-9-3-4-10-20(19)32(29,30)27-14-12-26(13-15-27)22(28)25-16-17-6-5-11-24-21(17)31-18-7-1-2-8-18/h3-6,9-11,18H,1-2,7-8,12-16H2,(H,25,28). The Morgan fingerprint density at radius 3 is 2.53 bits per heavy atom. The van der Waals surface area contributed by atoms with Crippen molar-refractivity contribution in [2.24, 2.45) is 0 Å². The Hall–Kier alpha value is -2.72. The van der Waals surface area contributed by atoms with Gasteiger partial charge in [0.15, 0.2) is 0 Å². The van der Waals surface area contributed by atoms with Gasteiger partial charge in [0.05, 0.1) is 0 Å². The fraction of sp³-hybridized carbons (Fsp3) is 0.455. The minimum Gasteiger partial charge on any atom is -0.474 e. The maximum atomic E-state index is 14.0. The van der Waals surface area contributed by atoms with Gasteiger partial charge in [-0.1, -0.05) is 18.2 Å². The van der Waals surface area contributed by atoms with Gasteiger partial charge < -0.3 is 15.0 Å². The number of carbonyl (C=O) groups is 1. The number of nitrogens with one attached hydrogen (secondary N) is 1. The highest BCUT2D eigenvalue weighted by molar-refractivity contribution is 7.89. The molecule has 2 aromatic rings. The molecule has 2 heterocycles. The maximum Gasteiger partial charge on any atom is 0.317 e. The highest BCUT2D eigenvalue weighted by Crippen LogP contribution is 2.25. The van der Waals surface area contributed by atoms with Crippen LogP contribution in [0.15, 0.2) is 47.5 Å². The van der Waals surface area contributed by atoms with Crippen LogP contribution in [0.5, 0.6) is 5.88 Å². The van der Waals surface area contributed by atoms with Crippen LogP contribution < -0.4 is 10.1 Å². The van der Waals surface area contributed by atoms with Gasteiger partial charge in [-0.05, 0) is 43.9 Å². The molecule has 2 aliphatic rings. The Morgan fingerprint density at radius 1 is 1.09 bits per heavy atom. The summed E-state index contributed by atoms with van der Waals surface area (Å²) in [5.41, 5.74) is 0.800. The summed E-state index contributed by atoms with van der Waals surface area (Å²) < 4.78 is 46.6. The number of rotatable bonds is 6. The number of urea groups is 1. The van der Waals surface area contributed by atoms with Crippen LogP contribution in [0.25, 0.3) is 0 Å². The smallest absolute Gasteiger partial charge is 0.317 e. The first-order valence-electron chi connectivity index (χ1n) is 10.8. The molecule has 2 fully saturated rings. The molecular formula is C22H27FN4O4S. The summed E-state index contributed by atoms with van der Waals surface area (Å²) in [5, 5.41) is 2.87. The van der Waals surface area contributed by atoms with Crippen molar-refractivity contribution in [3.05, 3.63) is 54.0 Å². The maximum absolute atomic E-state index is 14.0. The molecule has 0 bridgehead atoms. The number of hydrogen-bond donors (Lipinski definition) is 1. The number of carbonyl (C=O) groups excluding carboxylic acids is 1. The van der Waals surface area contributed by atoms with Crippen LogP contribution in [0.1, 0.15) is 31.2 Å². The summed E-state index contributed by atoms with van der Waals surface area (Å²) in [4.78, 5) is 18.2. The van der Waals surface area contributed by atoms with Crippen molar-refractivity contribution < 1.29 is 22.3 Å². The number of sulfonamides is 1. The summed E-state index contributed by atoms with van der Waals surface area (Å²) in [6.45, 7) is 0.915. The van der Waals surface area contributed by atoms with Crippen LogP contribution in [0.4, 0.5) is 9.18 Å². The number of piperazine rings is 1. The van der Waals surface area contributed by atoms with E-state index < -0.39 is 15.8 Å². The molecule has 1 saturated carbocycles. The van der Waals surface area contributed by atoms with E-state index in [-0.39, 0.29) is 49.8 Å². The lowest BCUT2D eigenvalue weighted by atomic mass is 10.2. The molecule has 0 radical (unpaired) electrons. The molecular weight excluding hydrogens is 435 g/mol. The van der Waals surface area contributed by atoms with Crippen molar-refractivity contribution in [1.82, 2.24) is 19.5 Å². The van der Waals surface area contributed by atoms with Gasteiger partial charge in [0.1, 0.15) is 16.8 Å². The first-order chi connectivity index (χ1) is 15.4.